The molecular formula is C13H21NOS. The molecule has 2 nitrogen and oxygen atoms in total. The number of benzene rings is 1. The van der Waals surface area contributed by atoms with Gasteiger partial charge in [0.25, 0.3) is 0 Å². The average molecular weight is 239 g/mol. The Morgan fingerprint density at radius 3 is 2.81 bits per heavy atom. The van der Waals surface area contributed by atoms with Crippen molar-refractivity contribution in [3.8, 4) is 5.75 Å². The third kappa shape index (κ3) is 4.06. The second-order valence-electron chi connectivity index (χ2n) is 3.76. The molecule has 1 aromatic rings. The van der Waals surface area contributed by atoms with Gasteiger partial charge in [0.1, 0.15) is 5.75 Å². The second kappa shape index (κ2) is 7.58. The molecule has 0 heterocycles. The van der Waals surface area contributed by atoms with Crippen molar-refractivity contribution in [3.05, 3.63) is 29.8 Å². The largest absolute Gasteiger partial charge is 0.496 e. The second-order valence-corrected chi connectivity index (χ2v) is 4.75. The molecule has 0 saturated heterocycles. The Bertz CT molecular complexity index is 304. The number of nitrogens with one attached hydrogen (secondary N) is 1. The van der Waals surface area contributed by atoms with Gasteiger partial charge in [-0.05, 0) is 38.0 Å². The van der Waals surface area contributed by atoms with Crippen LogP contribution in [0.3, 0.4) is 0 Å². The molecule has 0 saturated carbocycles. The number of hydrogen-bond donors (Lipinski definition) is 1. The van der Waals surface area contributed by atoms with E-state index in [1.165, 1.54) is 17.7 Å². The number of para-hydroxylation sites is 1. The molecule has 0 unspecified atom stereocenters. The predicted octanol–water partition coefficient (Wildman–Crippen LogP) is 3.10. The zero-order valence-electron chi connectivity index (χ0n) is 10.3. The van der Waals surface area contributed by atoms with Gasteiger partial charge in [0.2, 0.25) is 0 Å². The van der Waals surface area contributed by atoms with Crippen LogP contribution in [-0.4, -0.2) is 25.7 Å². The standard InChI is InChI=1S/C13H21NOS/c1-11(14-9-6-10-16-3)12-7-4-5-8-13(12)15-2/h4-5,7-8,11,14H,6,9-10H2,1-3H3/t11-/m1/s1. The zero-order chi connectivity index (χ0) is 11.8. The topological polar surface area (TPSA) is 21.3 Å². The quantitative estimate of drug-likeness (QED) is 0.739. The van der Waals surface area contributed by atoms with Gasteiger partial charge in [-0.2, -0.15) is 11.8 Å². The molecule has 1 rings (SSSR count). The van der Waals surface area contributed by atoms with Crippen LogP contribution < -0.4 is 10.1 Å². The maximum absolute atomic E-state index is 5.35. The summed E-state index contributed by atoms with van der Waals surface area (Å²) in [5.74, 6) is 2.18. The normalized spacial score (nSPS) is 12.4. The molecule has 1 N–H and O–H groups in total. The first-order valence-corrected chi connectivity index (χ1v) is 7.04. The van der Waals surface area contributed by atoms with E-state index in [0.717, 1.165) is 12.3 Å². The first-order chi connectivity index (χ1) is 7.79. The molecule has 1 aromatic carbocycles. The van der Waals surface area contributed by atoms with Gasteiger partial charge in [0.15, 0.2) is 0 Å². The van der Waals surface area contributed by atoms with Crippen molar-refractivity contribution in [2.24, 2.45) is 0 Å². The van der Waals surface area contributed by atoms with Crippen LogP contribution in [0.25, 0.3) is 0 Å². The van der Waals surface area contributed by atoms with E-state index in [9.17, 15) is 0 Å². The van der Waals surface area contributed by atoms with Crippen LogP contribution in [0.5, 0.6) is 5.75 Å². The van der Waals surface area contributed by atoms with Crippen LogP contribution in [0.1, 0.15) is 24.9 Å². The number of thioether (sulfide) groups is 1. The maximum Gasteiger partial charge on any atom is 0.123 e. The molecular weight excluding hydrogens is 218 g/mol. The first-order valence-electron chi connectivity index (χ1n) is 5.64. The van der Waals surface area contributed by atoms with E-state index >= 15 is 0 Å². The lowest BCUT2D eigenvalue weighted by atomic mass is 10.1. The molecule has 0 aliphatic heterocycles. The number of rotatable bonds is 7. The van der Waals surface area contributed by atoms with Gasteiger partial charge >= 0.3 is 0 Å². The summed E-state index contributed by atoms with van der Waals surface area (Å²) in [5.41, 5.74) is 1.23. The molecule has 0 aromatic heterocycles. The maximum atomic E-state index is 5.35. The van der Waals surface area contributed by atoms with Crippen LogP contribution in [0.2, 0.25) is 0 Å². The van der Waals surface area contributed by atoms with Gasteiger partial charge in [-0.25, -0.2) is 0 Å². The molecule has 1 atom stereocenters. The summed E-state index contributed by atoms with van der Waals surface area (Å²) in [4.78, 5) is 0. The highest BCUT2D eigenvalue weighted by molar-refractivity contribution is 7.98. The molecule has 0 radical (unpaired) electrons. The Balaban J connectivity index is 2.48. The molecule has 0 aliphatic rings. The summed E-state index contributed by atoms with van der Waals surface area (Å²) >= 11 is 1.89. The van der Waals surface area contributed by atoms with Crippen molar-refractivity contribution >= 4 is 11.8 Å². The highest BCUT2D eigenvalue weighted by atomic mass is 32.2. The van der Waals surface area contributed by atoms with Crippen molar-refractivity contribution in [1.29, 1.82) is 0 Å². The van der Waals surface area contributed by atoms with E-state index < -0.39 is 0 Å². The van der Waals surface area contributed by atoms with E-state index in [-0.39, 0.29) is 0 Å². The minimum atomic E-state index is 0.345. The summed E-state index contributed by atoms with van der Waals surface area (Å²) in [5, 5.41) is 3.52. The van der Waals surface area contributed by atoms with Crippen molar-refractivity contribution in [2.45, 2.75) is 19.4 Å². The van der Waals surface area contributed by atoms with Gasteiger partial charge in [0, 0.05) is 11.6 Å². The van der Waals surface area contributed by atoms with E-state index in [2.05, 4.69) is 30.6 Å². The SMILES string of the molecule is COc1ccccc1[C@@H](C)NCCCSC. The van der Waals surface area contributed by atoms with Crippen LogP contribution in [0.15, 0.2) is 24.3 Å². The highest BCUT2D eigenvalue weighted by Crippen LogP contribution is 2.24. The van der Waals surface area contributed by atoms with Crippen molar-refractivity contribution < 1.29 is 4.74 Å². The highest BCUT2D eigenvalue weighted by Gasteiger charge is 2.09. The van der Waals surface area contributed by atoms with Gasteiger partial charge in [-0.3, -0.25) is 0 Å². The lowest BCUT2D eigenvalue weighted by Gasteiger charge is -2.17. The van der Waals surface area contributed by atoms with Crippen molar-refractivity contribution in [2.75, 3.05) is 25.7 Å². The number of ether oxygens (including phenoxy) is 1. The summed E-state index contributed by atoms with van der Waals surface area (Å²) in [6, 6.07) is 8.53. The molecule has 90 valence electrons. The Kier molecular flexibility index (Phi) is 6.34. The number of methoxy groups -OCH3 is 1. The smallest absolute Gasteiger partial charge is 0.123 e. The van der Waals surface area contributed by atoms with Crippen molar-refractivity contribution in [3.63, 3.8) is 0 Å². The van der Waals surface area contributed by atoms with Crippen molar-refractivity contribution in [1.82, 2.24) is 5.32 Å². The summed E-state index contributed by atoms with van der Waals surface area (Å²) in [6.45, 7) is 3.23. The molecule has 0 fully saturated rings. The fraction of sp³-hybridized carbons (Fsp3) is 0.538. The third-order valence-electron chi connectivity index (χ3n) is 2.58. The minimum absolute atomic E-state index is 0.345. The molecule has 16 heavy (non-hydrogen) atoms. The Hall–Kier alpha value is -0.670. The summed E-state index contributed by atoms with van der Waals surface area (Å²) in [6.07, 6.45) is 3.35. The van der Waals surface area contributed by atoms with Crippen LogP contribution >= 0.6 is 11.8 Å². The van der Waals surface area contributed by atoms with E-state index in [1.54, 1.807) is 7.11 Å². The Labute approximate surface area is 103 Å². The number of hydrogen-bond acceptors (Lipinski definition) is 3. The van der Waals surface area contributed by atoms with Gasteiger partial charge < -0.3 is 10.1 Å². The molecule has 0 amide bonds. The van der Waals surface area contributed by atoms with E-state index in [4.69, 9.17) is 4.74 Å². The Morgan fingerprint density at radius 2 is 2.12 bits per heavy atom. The van der Waals surface area contributed by atoms with Gasteiger partial charge in [0.05, 0.1) is 7.11 Å². The third-order valence-corrected chi connectivity index (χ3v) is 3.28. The zero-order valence-corrected chi connectivity index (χ0v) is 11.1. The fourth-order valence-corrected chi connectivity index (χ4v) is 2.10. The molecule has 0 aliphatic carbocycles. The van der Waals surface area contributed by atoms with Crippen LogP contribution in [-0.2, 0) is 0 Å². The van der Waals surface area contributed by atoms with Crippen LogP contribution in [0, 0.1) is 0 Å². The predicted molar refractivity (Wildman–Crippen MR) is 72.4 cm³/mol. The fourth-order valence-electron chi connectivity index (χ4n) is 1.67. The lowest BCUT2D eigenvalue weighted by molar-refractivity contribution is 0.402. The molecule has 0 bridgehead atoms. The molecule has 0 spiro atoms. The van der Waals surface area contributed by atoms with E-state index in [0.29, 0.717) is 6.04 Å². The van der Waals surface area contributed by atoms with Gasteiger partial charge in [-0.1, -0.05) is 18.2 Å². The summed E-state index contributed by atoms with van der Waals surface area (Å²) in [7, 11) is 1.72. The van der Waals surface area contributed by atoms with E-state index in [1.807, 2.05) is 23.9 Å². The summed E-state index contributed by atoms with van der Waals surface area (Å²) < 4.78 is 5.35. The van der Waals surface area contributed by atoms with Crippen LogP contribution in [0.4, 0.5) is 0 Å². The average Bonchev–Trinajstić information content (AvgIpc) is 2.34. The Morgan fingerprint density at radius 1 is 1.38 bits per heavy atom. The monoisotopic (exact) mass is 239 g/mol. The minimum Gasteiger partial charge on any atom is -0.496 e. The molecule has 3 heteroatoms. The van der Waals surface area contributed by atoms with Gasteiger partial charge in [-0.15, -0.1) is 0 Å². The first kappa shape index (κ1) is 13.4. The lowest BCUT2D eigenvalue weighted by Crippen LogP contribution is -2.20.